The molecular weight excluding hydrogens is 396 g/mol. The van der Waals surface area contributed by atoms with Gasteiger partial charge in [0.25, 0.3) is 5.91 Å². The molecule has 0 saturated carbocycles. The fourth-order valence-electron chi connectivity index (χ4n) is 3.41. The van der Waals surface area contributed by atoms with Crippen molar-refractivity contribution in [3.8, 4) is 11.5 Å². The first-order valence-electron chi connectivity index (χ1n) is 10.3. The molecule has 2 aromatic carbocycles. The summed E-state index contributed by atoms with van der Waals surface area (Å²) in [7, 11) is 3.17. The third kappa shape index (κ3) is 6.25. The van der Waals surface area contributed by atoms with Crippen LogP contribution >= 0.6 is 0 Å². The SMILES string of the molecule is COc1ccc(CCNC(=O)COC(=O)CCCc2c[nH]c3ccccc23)cc1OC. The maximum atomic E-state index is 11.9. The topological polar surface area (TPSA) is 89.6 Å². The standard InChI is InChI=1S/C24H28N2O5/c1-29-21-11-10-17(14-22(21)30-2)12-13-25-23(27)16-31-24(28)9-5-6-18-15-26-20-8-4-3-7-19(18)20/h3-4,7-8,10-11,14-15,26H,5-6,9,12-13,16H2,1-2H3,(H,25,27). The summed E-state index contributed by atoms with van der Waals surface area (Å²) < 4.78 is 15.6. The van der Waals surface area contributed by atoms with Crippen LogP contribution in [-0.4, -0.2) is 44.2 Å². The van der Waals surface area contributed by atoms with Crippen molar-refractivity contribution in [1.82, 2.24) is 10.3 Å². The van der Waals surface area contributed by atoms with E-state index in [1.165, 1.54) is 10.9 Å². The lowest BCUT2D eigenvalue weighted by atomic mass is 10.1. The summed E-state index contributed by atoms with van der Waals surface area (Å²) in [5.41, 5.74) is 3.27. The molecule has 0 fully saturated rings. The van der Waals surface area contributed by atoms with Crippen molar-refractivity contribution in [2.45, 2.75) is 25.7 Å². The van der Waals surface area contributed by atoms with Crippen LogP contribution < -0.4 is 14.8 Å². The van der Waals surface area contributed by atoms with Gasteiger partial charge in [-0.05, 0) is 48.6 Å². The number of aryl methyl sites for hydroxylation is 1. The summed E-state index contributed by atoms with van der Waals surface area (Å²) in [5, 5.41) is 3.93. The minimum Gasteiger partial charge on any atom is -0.493 e. The van der Waals surface area contributed by atoms with Crippen LogP contribution in [0.15, 0.2) is 48.7 Å². The van der Waals surface area contributed by atoms with Crippen molar-refractivity contribution in [2.24, 2.45) is 0 Å². The Kier molecular flexibility index (Phi) is 7.92. The highest BCUT2D eigenvalue weighted by Gasteiger charge is 2.10. The first-order valence-corrected chi connectivity index (χ1v) is 10.3. The molecule has 0 saturated heterocycles. The van der Waals surface area contributed by atoms with E-state index in [-0.39, 0.29) is 24.9 Å². The third-order valence-electron chi connectivity index (χ3n) is 5.05. The van der Waals surface area contributed by atoms with E-state index in [2.05, 4.69) is 16.4 Å². The second-order valence-electron chi connectivity index (χ2n) is 7.16. The highest BCUT2D eigenvalue weighted by atomic mass is 16.5. The first kappa shape index (κ1) is 22.2. The third-order valence-corrected chi connectivity index (χ3v) is 5.05. The number of aromatic amines is 1. The van der Waals surface area contributed by atoms with Crippen molar-refractivity contribution in [1.29, 1.82) is 0 Å². The van der Waals surface area contributed by atoms with Crippen LogP contribution in [0.3, 0.4) is 0 Å². The average molecular weight is 424 g/mol. The van der Waals surface area contributed by atoms with Crippen LogP contribution in [0.5, 0.6) is 11.5 Å². The molecule has 3 aromatic rings. The minimum absolute atomic E-state index is 0.266. The van der Waals surface area contributed by atoms with E-state index in [1.807, 2.05) is 42.6 Å². The molecule has 7 heteroatoms. The van der Waals surface area contributed by atoms with Gasteiger partial charge in [0.05, 0.1) is 14.2 Å². The number of methoxy groups -OCH3 is 2. The number of aromatic nitrogens is 1. The van der Waals surface area contributed by atoms with Gasteiger partial charge in [-0.25, -0.2) is 0 Å². The Morgan fingerprint density at radius 2 is 1.81 bits per heavy atom. The van der Waals surface area contributed by atoms with Crippen LogP contribution in [0.25, 0.3) is 10.9 Å². The largest absolute Gasteiger partial charge is 0.493 e. The molecule has 7 nitrogen and oxygen atoms in total. The fourth-order valence-corrected chi connectivity index (χ4v) is 3.41. The monoisotopic (exact) mass is 424 g/mol. The van der Waals surface area contributed by atoms with Crippen LogP contribution in [0, 0.1) is 0 Å². The summed E-state index contributed by atoms with van der Waals surface area (Å²) in [4.78, 5) is 27.1. The second kappa shape index (κ2) is 11.1. The predicted molar refractivity (Wildman–Crippen MR) is 118 cm³/mol. The number of ether oxygens (including phenoxy) is 3. The maximum Gasteiger partial charge on any atom is 0.306 e. The Morgan fingerprint density at radius 1 is 1.00 bits per heavy atom. The Hall–Kier alpha value is -3.48. The number of carbonyl (C=O) groups excluding carboxylic acids is 2. The fraction of sp³-hybridized carbons (Fsp3) is 0.333. The molecule has 2 N–H and O–H groups in total. The summed E-state index contributed by atoms with van der Waals surface area (Å²) in [6, 6.07) is 13.7. The van der Waals surface area contributed by atoms with Crippen molar-refractivity contribution >= 4 is 22.8 Å². The number of fused-ring (bicyclic) bond motifs is 1. The quantitative estimate of drug-likeness (QED) is 0.461. The number of hydrogen-bond donors (Lipinski definition) is 2. The Bertz CT molecular complexity index is 1030. The Morgan fingerprint density at radius 3 is 2.61 bits per heavy atom. The zero-order chi connectivity index (χ0) is 22.1. The lowest BCUT2D eigenvalue weighted by Gasteiger charge is -2.10. The highest BCUT2D eigenvalue weighted by molar-refractivity contribution is 5.83. The summed E-state index contributed by atoms with van der Waals surface area (Å²) in [6.45, 7) is 0.171. The van der Waals surface area contributed by atoms with E-state index in [0.29, 0.717) is 30.9 Å². The van der Waals surface area contributed by atoms with Crippen molar-refractivity contribution in [2.75, 3.05) is 27.4 Å². The first-order chi connectivity index (χ1) is 15.1. The van der Waals surface area contributed by atoms with E-state index >= 15 is 0 Å². The maximum absolute atomic E-state index is 11.9. The van der Waals surface area contributed by atoms with Crippen LogP contribution in [0.2, 0.25) is 0 Å². The number of amides is 1. The number of rotatable bonds is 11. The summed E-state index contributed by atoms with van der Waals surface area (Å²) in [6.07, 6.45) is 4.32. The molecule has 31 heavy (non-hydrogen) atoms. The molecule has 0 aliphatic carbocycles. The molecule has 1 amide bonds. The Labute approximate surface area is 181 Å². The van der Waals surface area contributed by atoms with E-state index in [0.717, 1.165) is 17.5 Å². The lowest BCUT2D eigenvalue weighted by molar-refractivity contribution is -0.148. The molecule has 1 aromatic heterocycles. The van der Waals surface area contributed by atoms with Gasteiger partial charge in [0.15, 0.2) is 18.1 Å². The van der Waals surface area contributed by atoms with Gasteiger partial charge in [0.1, 0.15) is 0 Å². The predicted octanol–water partition coefficient (Wildman–Crippen LogP) is 3.41. The summed E-state index contributed by atoms with van der Waals surface area (Å²) >= 11 is 0. The van der Waals surface area contributed by atoms with Gasteiger partial charge in [-0.2, -0.15) is 0 Å². The normalized spacial score (nSPS) is 10.6. The van der Waals surface area contributed by atoms with Gasteiger partial charge in [-0.15, -0.1) is 0 Å². The summed E-state index contributed by atoms with van der Waals surface area (Å²) in [5.74, 6) is 0.625. The minimum atomic E-state index is -0.366. The number of para-hydroxylation sites is 1. The van der Waals surface area contributed by atoms with Gasteiger partial charge < -0.3 is 24.5 Å². The lowest BCUT2D eigenvalue weighted by Crippen LogP contribution is -2.30. The molecule has 164 valence electrons. The van der Waals surface area contributed by atoms with Gasteiger partial charge in [0.2, 0.25) is 0 Å². The van der Waals surface area contributed by atoms with Gasteiger partial charge in [0, 0.05) is 30.1 Å². The van der Waals surface area contributed by atoms with Crippen LogP contribution in [-0.2, 0) is 27.2 Å². The van der Waals surface area contributed by atoms with Gasteiger partial charge >= 0.3 is 5.97 Å². The van der Waals surface area contributed by atoms with E-state index < -0.39 is 0 Å². The van der Waals surface area contributed by atoms with Crippen LogP contribution in [0.1, 0.15) is 24.0 Å². The number of hydrogen-bond acceptors (Lipinski definition) is 5. The number of nitrogens with one attached hydrogen (secondary N) is 2. The number of esters is 1. The number of benzene rings is 2. The molecule has 0 radical (unpaired) electrons. The molecule has 1 heterocycles. The van der Waals surface area contributed by atoms with Crippen LogP contribution in [0.4, 0.5) is 0 Å². The molecule has 0 aliphatic rings. The van der Waals surface area contributed by atoms with E-state index in [9.17, 15) is 9.59 Å². The van der Waals surface area contributed by atoms with Gasteiger partial charge in [-0.1, -0.05) is 24.3 Å². The highest BCUT2D eigenvalue weighted by Crippen LogP contribution is 2.27. The smallest absolute Gasteiger partial charge is 0.306 e. The average Bonchev–Trinajstić information content (AvgIpc) is 3.20. The van der Waals surface area contributed by atoms with E-state index in [4.69, 9.17) is 14.2 Å². The molecule has 0 atom stereocenters. The zero-order valence-corrected chi connectivity index (χ0v) is 17.9. The number of carbonyl (C=O) groups is 2. The molecule has 0 aliphatic heterocycles. The van der Waals surface area contributed by atoms with Crippen molar-refractivity contribution < 1.29 is 23.8 Å². The van der Waals surface area contributed by atoms with E-state index in [1.54, 1.807) is 14.2 Å². The molecular formula is C24H28N2O5. The molecule has 0 spiro atoms. The Balaban J connectivity index is 1.32. The van der Waals surface area contributed by atoms with Crippen molar-refractivity contribution in [3.63, 3.8) is 0 Å². The number of H-pyrrole nitrogens is 1. The zero-order valence-electron chi connectivity index (χ0n) is 17.9. The molecule has 3 rings (SSSR count). The second-order valence-corrected chi connectivity index (χ2v) is 7.16. The van der Waals surface area contributed by atoms with Gasteiger partial charge in [-0.3, -0.25) is 9.59 Å². The van der Waals surface area contributed by atoms with Crippen molar-refractivity contribution in [3.05, 3.63) is 59.8 Å². The molecule has 0 bridgehead atoms. The molecule has 0 unspecified atom stereocenters.